The van der Waals surface area contributed by atoms with Crippen LogP contribution in [0.15, 0.2) is 17.8 Å². The summed E-state index contributed by atoms with van der Waals surface area (Å²) in [4.78, 5) is 7.03. The molecular weight excluding hydrogens is 349 g/mol. The maximum Gasteiger partial charge on any atom is 0.456 e. The van der Waals surface area contributed by atoms with Gasteiger partial charge in [0.15, 0.2) is 16.4 Å². The third kappa shape index (κ3) is 5.30. The molecule has 0 atom stereocenters. The Bertz CT molecular complexity index is 671. The number of nitrogens with zero attached hydrogens (tertiary/aromatic N) is 2. The molecule has 1 aromatic rings. The topological polar surface area (TPSA) is 95.2 Å². The Morgan fingerprint density at radius 3 is 2.30 bits per heavy atom. The zero-order chi connectivity index (χ0) is 17.9. The lowest BCUT2D eigenvalue weighted by molar-refractivity contribution is -0.290. The number of aromatic nitrogens is 2. The second-order valence-corrected chi connectivity index (χ2v) is 6.39. The van der Waals surface area contributed by atoms with Gasteiger partial charge in [-0.05, 0) is 0 Å². The van der Waals surface area contributed by atoms with Crippen LogP contribution in [-0.4, -0.2) is 42.8 Å². The number of hydrogen-bond donors (Lipinski definition) is 1. The van der Waals surface area contributed by atoms with Gasteiger partial charge in [-0.2, -0.15) is 22.0 Å². The molecule has 0 spiro atoms. The molecule has 0 aliphatic heterocycles. The summed E-state index contributed by atoms with van der Waals surface area (Å²) in [5.74, 6) is -5.83. The van der Waals surface area contributed by atoms with Crippen molar-refractivity contribution in [3.63, 3.8) is 0 Å². The van der Waals surface area contributed by atoms with Crippen molar-refractivity contribution >= 4 is 15.5 Å². The zero-order valence-electron chi connectivity index (χ0n) is 11.6. The number of hydrogen-bond acceptors (Lipinski definition) is 6. The summed E-state index contributed by atoms with van der Waals surface area (Å²) < 4.78 is 88.1. The zero-order valence-corrected chi connectivity index (χ0v) is 12.5. The van der Waals surface area contributed by atoms with Crippen molar-refractivity contribution in [1.29, 1.82) is 0 Å². The Morgan fingerprint density at radius 2 is 1.87 bits per heavy atom. The SMILES string of the molecule is CCS(=O)(=O)/C=C(/N)c1cnc(OCC(F)(F)C(F)(F)F)cn1. The van der Waals surface area contributed by atoms with E-state index in [2.05, 4.69) is 14.7 Å². The number of nitrogens with two attached hydrogens (primary N) is 1. The maximum atomic E-state index is 12.7. The number of rotatable bonds is 6. The molecule has 0 aliphatic carbocycles. The molecule has 0 unspecified atom stereocenters. The van der Waals surface area contributed by atoms with Crippen molar-refractivity contribution in [3.8, 4) is 5.88 Å². The van der Waals surface area contributed by atoms with E-state index in [9.17, 15) is 30.4 Å². The summed E-state index contributed by atoms with van der Waals surface area (Å²) in [5.41, 5.74) is 5.12. The monoisotopic (exact) mass is 361 g/mol. The van der Waals surface area contributed by atoms with E-state index in [0.29, 0.717) is 0 Å². The van der Waals surface area contributed by atoms with Gasteiger partial charge in [0.25, 0.3) is 0 Å². The van der Waals surface area contributed by atoms with E-state index in [1.54, 1.807) is 0 Å². The van der Waals surface area contributed by atoms with Gasteiger partial charge in [-0.15, -0.1) is 0 Å². The summed E-state index contributed by atoms with van der Waals surface area (Å²) >= 11 is 0. The lowest BCUT2D eigenvalue weighted by atomic mass is 10.3. The summed E-state index contributed by atoms with van der Waals surface area (Å²) in [6.45, 7) is -0.567. The van der Waals surface area contributed by atoms with Crippen molar-refractivity contribution < 1.29 is 35.1 Å². The van der Waals surface area contributed by atoms with Gasteiger partial charge in [0.2, 0.25) is 5.88 Å². The molecule has 2 N–H and O–H groups in total. The molecule has 6 nitrogen and oxygen atoms in total. The first kappa shape index (κ1) is 19.1. The van der Waals surface area contributed by atoms with Crippen LogP contribution in [0.1, 0.15) is 12.6 Å². The maximum absolute atomic E-state index is 12.7. The normalized spacial score (nSPS) is 13.9. The summed E-state index contributed by atoms with van der Waals surface area (Å²) in [6.07, 6.45) is -4.11. The average Bonchev–Trinajstić information content (AvgIpc) is 2.44. The van der Waals surface area contributed by atoms with E-state index in [0.717, 1.165) is 17.8 Å². The summed E-state index contributed by atoms with van der Waals surface area (Å²) in [6, 6.07) is 0. The Morgan fingerprint density at radius 1 is 1.26 bits per heavy atom. The minimum atomic E-state index is -5.75. The second-order valence-electron chi connectivity index (χ2n) is 4.26. The highest BCUT2D eigenvalue weighted by atomic mass is 32.2. The number of halogens is 5. The molecule has 130 valence electrons. The Hall–Kier alpha value is -1.98. The van der Waals surface area contributed by atoms with E-state index < -0.39 is 34.4 Å². The summed E-state index contributed by atoms with van der Waals surface area (Å²) in [7, 11) is -3.53. The van der Waals surface area contributed by atoms with Crippen molar-refractivity contribution in [2.45, 2.75) is 19.0 Å². The molecule has 0 saturated carbocycles. The first-order valence-corrected chi connectivity index (χ1v) is 7.69. The number of ether oxygens (including phenoxy) is 1. The van der Waals surface area contributed by atoms with Gasteiger partial charge in [0, 0.05) is 0 Å². The molecule has 23 heavy (non-hydrogen) atoms. The molecule has 0 saturated heterocycles. The molecule has 1 heterocycles. The first-order chi connectivity index (χ1) is 10.4. The van der Waals surface area contributed by atoms with Gasteiger partial charge in [0.05, 0.1) is 29.3 Å². The predicted molar refractivity (Wildman–Crippen MR) is 70.2 cm³/mol. The summed E-state index contributed by atoms with van der Waals surface area (Å²) in [5, 5.41) is 0.745. The van der Waals surface area contributed by atoms with Crippen molar-refractivity contribution in [1.82, 2.24) is 9.97 Å². The molecular formula is C11H12F5N3O3S. The first-order valence-electron chi connectivity index (χ1n) is 5.97. The third-order valence-corrected chi connectivity index (χ3v) is 3.87. The highest BCUT2D eigenvalue weighted by Crippen LogP contribution is 2.35. The van der Waals surface area contributed by atoms with Crippen LogP contribution in [0.4, 0.5) is 22.0 Å². The van der Waals surface area contributed by atoms with Crippen LogP contribution < -0.4 is 10.5 Å². The largest absolute Gasteiger partial charge is 0.470 e. The minimum Gasteiger partial charge on any atom is -0.470 e. The molecule has 12 heteroatoms. The Kier molecular flexibility index (Phi) is 5.51. The van der Waals surface area contributed by atoms with Gasteiger partial charge >= 0.3 is 12.1 Å². The van der Waals surface area contributed by atoms with Crippen LogP contribution in [-0.2, 0) is 9.84 Å². The van der Waals surface area contributed by atoms with Crippen LogP contribution in [0.2, 0.25) is 0 Å². The molecule has 0 aliphatic rings. The van der Waals surface area contributed by atoms with E-state index in [-0.39, 0.29) is 17.1 Å². The second kappa shape index (κ2) is 6.64. The number of alkyl halides is 5. The van der Waals surface area contributed by atoms with E-state index in [4.69, 9.17) is 5.73 Å². The van der Waals surface area contributed by atoms with Crippen LogP contribution >= 0.6 is 0 Å². The smallest absolute Gasteiger partial charge is 0.456 e. The average molecular weight is 361 g/mol. The Labute approximate surface area is 128 Å². The highest BCUT2D eigenvalue weighted by Gasteiger charge is 2.58. The molecule has 0 radical (unpaired) electrons. The van der Waals surface area contributed by atoms with Crippen LogP contribution in [0.3, 0.4) is 0 Å². The van der Waals surface area contributed by atoms with Gasteiger partial charge in [-0.3, -0.25) is 0 Å². The van der Waals surface area contributed by atoms with Crippen molar-refractivity contribution in [3.05, 3.63) is 23.5 Å². The van der Waals surface area contributed by atoms with Crippen molar-refractivity contribution in [2.24, 2.45) is 5.73 Å². The van der Waals surface area contributed by atoms with Gasteiger partial charge in [-0.1, -0.05) is 6.92 Å². The fourth-order valence-electron chi connectivity index (χ4n) is 1.12. The lowest BCUT2D eigenvalue weighted by Crippen LogP contribution is -2.41. The molecule has 0 aromatic carbocycles. The molecule has 0 amide bonds. The quantitative estimate of drug-likeness (QED) is 0.776. The number of sulfone groups is 1. The Balaban J connectivity index is 2.82. The van der Waals surface area contributed by atoms with E-state index in [1.165, 1.54) is 6.92 Å². The molecule has 1 aromatic heterocycles. The highest BCUT2D eigenvalue weighted by molar-refractivity contribution is 7.94. The molecule has 0 fully saturated rings. The van der Waals surface area contributed by atoms with Gasteiger partial charge in [-0.25, -0.2) is 18.4 Å². The molecule has 1 rings (SSSR count). The van der Waals surface area contributed by atoms with Gasteiger partial charge in [0.1, 0.15) is 5.69 Å². The van der Waals surface area contributed by atoms with Crippen LogP contribution in [0.5, 0.6) is 5.88 Å². The molecule has 0 bridgehead atoms. The fraction of sp³-hybridized carbons (Fsp3) is 0.455. The fourth-order valence-corrected chi connectivity index (χ4v) is 1.80. The van der Waals surface area contributed by atoms with Crippen LogP contribution in [0.25, 0.3) is 5.70 Å². The van der Waals surface area contributed by atoms with Crippen LogP contribution in [0, 0.1) is 0 Å². The lowest BCUT2D eigenvalue weighted by Gasteiger charge is -2.19. The standard InChI is InChI=1S/C11H12F5N3O3S/c1-2-23(20,21)5-7(17)8-3-19-9(4-18-8)22-6-10(12,13)11(14,15)16/h3-5H,2,6,17H2,1H3/b7-5+. The van der Waals surface area contributed by atoms with Gasteiger partial charge < -0.3 is 10.5 Å². The van der Waals surface area contributed by atoms with Crippen molar-refractivity contribution in [2.75, 3.05) is 12.4 Å². The minimum absolute atomic E-state index is 0.100. The van der Waals surface area contributed by atoms with E-state index >= 15 is 0 Å². The predicted octanol–water partition coefficient (Wildman–Crippen LogP) is 1.74. The van der Waals surface area contributed by atoms with E-state index in [1.807, 2.05) is 0 Å². The third-order valence-electron chi connectivity index (χ3n) is 2.45.